The van der Waals surface area contributed by atoms with Gasteiger partial charge in [-0.15, -0.1) is 0 Å². The standard InChI is InChI=1S/C14H14S2.Fe/c1-3-7-13(8-4-1)11-15-16-12-14-9-5-2-6-10-14;/h1-10H,11-12H2;. The average Bonchev–Trinajstić information content (AvgIpc) is 2.37. The molecule has 17 heavy (non-hydrogen) atoms. The maximum Gasteiger partial charge on any atom is 0.0288 e. The summed E-state index contributed by atoms with van der Waals surface area (Å²) < 4.78 is 0. The van der Waals surface area contributed by atoms with E-state index >= 15 is 0 Å². The Kier molecular flexibility index (Phi) is 7.54. The van der Waals surface area contributed by atoms with Crippen molar-refractivity contribution in [1.29, 1.82) is 0 Å². The molecule has 0 saturated heterocycles. The van der Waals surface area contributed by atoms with Crippen molar-refractivity contribution in [2.75, 3.05) is 0 Å². The minimum Gasteiger partial charge on any atom is -0.0890 e. The largest absolute Gasteiger partial charge is 0.0890 e. The molecule has 0 aliphatic rings. The van der Waals surface area contributed by atoms with Gasteiger partial charge in [0, 0.05) is 28.6 Å². The third-order valence-corrected chi connectivity index (χ3v) is 4.50. The smallest absolute Gasteiger partial charge is 0.0288 e. The molecule has 0 N–H and O–H groups in total. The van der Waals surface area contributed by atoms with E-state index in [0.717, 1.165) is 11.5 Å². The predicted octanol–water partition coefficient (Wildman–Crippen LogP) is 4.77. The van der Waals surface area contributed by atoms with Gasteiger partial charge in [-0.3, -0.25) is 0 Å². The average molecular weight is 302 g/mol. The second kappa shape index (κ2) is 8.71. The Hall–Kier alpha value is -0.341. The molecule has 0 atom stereocenters. The Morgan fingerprint density at radius 1 is 0.588 bits per heavy atom. The van der Waals surface area contributed by atoms with Crippen LogP contribution in [0.2, 0.25) is 0 Å². The van der Waals surface area contributed by atoms with Crippen LogP contribution in [0.4, 0.5) is 0 Å². The second-order valence-electron chi connectivity index (χ2n) is 3.50. The van der Waals surface area contributed by atoms with Crippen molar-refractivity contribution in [2.24, 2.45) is 0 Å². The Morgan fingerprint density at radius 2 is 0.941 bits per heavy atom. The van der Waals surface area contributed by atoms with Crippen molar-refractivity contribution < 1.29 is 17.1 Å². The maximum absolute atomic E-state index is 2.18. The van der Waals surface area contributed by atoms with Crippen LogP contribution >= 0.6 is 21.6 Å². The Morgan fingerprint density at radius 3 is 1.29 bits per heavy atom. The van der Waals surface area contributed by atoms with Crippen molar-refractivity contribution in [2.45, 2.75) is 11.5 Å². The zero-order valence-electron chi connectivity index (χ0n) is 9.36. The van der Waals surface area contributed by atoms with Crippen LogP contribution in [0.25, 0.3) is 0 Å². The Balaban J connectivity index is 0.00000144. The minimum absolute atomic E-state index is 0. The molecule has 0 fully saturated rings. The van der Waals surface area contributed by atoms with Gasteiger partial charge in [-0.25, -0.2) is 0 Å². The number of rotatable bonds is 5. The molecular weight excluding hydrogens is 288 g/mol. The van der Waals surface area contributed by atoms with E-state index in [4.69, 9.17) is 0 Å². The molecule has 2 rings (SSSR count). The minimum atomic E-state index is 0. The molecule has 0 unspecified atom stereocenters. The molecule has 0 aromatic heterocycles. The predicted molar refractivity (Wildman–Crippen MR) is 75.5 cm³/mol. The summed E-state index contributed by atoms with van der Waals surface area (Å²) in [5, 5.41) is 0. The van der Waals surface area contributed by atoms with Gasteiger partial charge in [-0.05, 0) is 11.1 Å². The van der Waals surface area contributed by atoms with Gasteiger partial charge in [0.15, 0.2) is 0 Å². The molecule has 0 saturated carbocycles. The zero-order valence-corrected chi connectivity index (χ0v) is 12.1. The van der Waals surface area contributed by atoms with Gasteiger partial charge in [-0.2, -0.15) is 0 Å². The van der Waals surface area contributed by atoms with Gasteiger partial charge in [0.05, 0.1) is 0 Å². The molecule has 0 nitrogen and oxygen atoms in total. The maximum atomic E-state index is 2.18. The van der Waals surface area contributed by atoms with Gasteiger partial charge in [0.2, 0.25) is 0 Å². The molecule has 0 bridgehead atoms. The monoisotopic (exact) mass is 302 g/mol. The summed E-state index contributed by atoms with van der Waals surface area (Å²) in [4.78, 5) is 0. The molecule has 0 amide bonds. The molecule has 0 heterocycles. The molecular formula is C14H14FeS2. The Labute approximate surface area is 121 Å². The van der Waals surface area contributed by atoms with Crippen molar-refractivity contribution >= 4 is 21.6 Å². The van der Waals surface area contributed by atoms with Gasteiger partial charge in [-0.1, -0.05) is 82.3 Å². The number of hydrogen-bond acceptors (Lipinski definition) is 2. The second-order valence-corrected chi connectivity index (χ2v) is 5.96. The number of benzene rings is 2. The van der Waals surface area contributed by atoms with E-state index in [2.05, 4.69) is 60.7 Å². The summed E-state index contributed by atoms with van der Waals surface area (Å²) >= 11 is 0. The topological polar surface area (TPSA) is 0 Å². The first kappa shape index (κ1) is 14.7. The van der Waals surface area contributed by atoms with Gasteiger partial charge < -0.3 is 0 Å². The van der Waals surface area contributed by atoms with Crippen LogP contribution in [0, 0.1) is 0 Å². The van der Waals surface area contributed by atoms with Gasteiger partial charge >= 0.3 is 0 Å². The first-order valence-electron chi connectivity index (χ1n) is 5.27. The van der Waals surface area contributed by atoms with E-state index in [1.165, 1.54) is 11.1 Å². The zero-order chi connectivity index (χ0) is 11.1. The summed E-state index contributed by atoms with van der Waals surface area (Å²) in [5.41, 5.74) is 2.79. The molecule has 90 valence electrons. The molecule has 0 spiro atoms. The van der Waals surface area contributed by atoms with Crippen LogP contribution in [0.15, 0.2) is 60.7 Å². The summed E-state index contributed by atoms with van der Waals surface area (Å²) in [6, 6.07) is 21.2. The summed E-state index contributed by atoms with van der Waals surface area (Å²) in [6.07, 6.45) is 0. The van der Waals surface area contributed by atoms with Crippen molar-refractivity contribution in [3.63, 3.8) is 0 Å². The normalized spacial score (nSPS) is 9.65. The van der Waals surface area contributed by atoms with E-state index in [0.29, 0.717) is 0 Å². The van der Waals surface area contributed by atoms with E-state index in [1.54, 1.807) is 0 Å². The van der Waals surface area contributed by atoms with E-state index < -0.39 is 0 Å². The molecule has 0 radical (unpaired) electrons. The van der Waals surface area contributed by atoms with Crippen LogP contribution < -0.4 is 0 Å². The van der Waals surface area contributed by atoms with E-state index in [1.807, 2.05) is 21.6 Å². The molecule has 2 aromatic rings. The molecule has 0 aliphatic carbocycles. The number of hydrogen-bond donors (Lipinski definition) is 0. The molecule has 0 aliphatic heterocycles. The van der Waals surface area contributed by atoms with Crippen LogP contribution in [0.5, 0.6) is 0 Å². The van der Waals surface area contributed by atoms with Crippen LogP contribution in [0.1, 0.15) is 11.1 Å². The van der Waals surface area contributed by atoms with E-state index in [-0.39, 0.29) is 17.1 Å². The van der Waals surface area contributed by atoms with Crippen LogP contribution in [0.3, 0.4) is 0 Å². The van der Waals surface area contributed by atoms with Crippen molar-refractivity contribution in [3.8, 4) is 0 Å². The van der Waals surface area contributed by atoms with Gasteiger partial charge in [0.25, 0.3) is 0 Å². The van der Waals surface area contributed by atoms with Crippen LogP contribution in [-0.4, -0.2) is 0 Å². The van der Waals surface area contributed by atoms with Crippen molar-refractivity contribution in [1.82, 2.24) is 0 Å². The fourth-order valence-corrected chi connectivity index (χ4v) is 3.51. The summed E-state index contributed by atoms with van der Waals surface area (Å²) in [6.45, 7) is 0. The summed E-state index contributed by atoms with van der Waals surface area (Å²) in [5.74, 6) is 2.16. The third kappa shape index (κ3) is 5.69. The summed E-state index contributed by atoms with van der Waals surface area (Å²) in [7, 11) is 3.84. The van der Waals surface area contributed by atoms with Crippen LogP contribution in [-0.2, 0) is 28.6 Å². The third-order valence-electron chi connectivity index (χ3n) is 2.22. The van der Waals surface area contributed by atoms with E-state index in [9.17, 15) is 0 Å². The van der Waals surface area contributed by atoms with Crippen molar-refractivity contribution in [3.05, 3.63) is 71.8 Å². The molecule has 3 heteroatoms. The fraction of sp³-hybridized carbons (Fsp3) is 0.143. The fourth-order valence-electron chi connectivity index (χ4n) is 1.37. The first-order valence-corrected chi connectivity index (χ1v) is 7.76. The Bertz CT molecular complexity index is 362. The van der Waals surface area contributed by atoms with Gasteiger partial charge in [0.1, 0.15) is 0 Å². The first-order chi connectivity index (χ1) is 7.95. The quantitative estimate of drug-likeness (QED) is 0.443. The SMILES string of the molecule is [Fe].c1ccc(CSSCc2ccccc2)cc1. The molecule has 2 aromatic carbocycles.